The molecule has 1 rings (SSSR count). The highest BCUT2D eigenvalue weighted by Gasteiger charge is 2.35. The lowest BCUT2D eigenvalue weighted by molar-refractivity contribution is -0.274. The summed E-state index contributed by atoms with van der Waals surface area (Å²) < 4.78 is 44.3. The fraction of sp³-hybridized carbons (Fsp3) is 0.222. The number of alkyl halides is 3. The van der Waals surface area contributed by atoms with Crippen LogP contribution in [0.3, 0.4) is 0 Å². The molecule has 94 valence electrons. The van der Waals surface area contributed by atoms with Crippen molar-refractivity contribution in [1.29, 1.82) is 0 Å². The van der Waals surface area contributed by atoms with E-state index in [4.69, 9.17) is 17.3 Å². The van der Waals surface area contributed by atoms with E-state index in [1.807, 2.05) is 0 Å². The van der Waals surface area contributed by atoms with Crippen molar-refractivity contribution in [3.63, 3.8) is 0 Å². The topological polar surface area (TPSA) is 61.5 Å². The van der Waals surface area contributed by atoms with Gasteiger partial charge in [-0.05, 0) is 12.1 Å². The largest absolute Gasteiger partial charge is 0.573 e. The number of methoxy groups -OCH3 is 1. The molecular weight excluding hydrogens is 263 g/mol. The molecule has 0 amide bonds. The molecule has 0 saturated carbocycles. The predicted molar refractivity (Wildman–Crippen MR) is 53.9 cm³/mol. The average molecular weight is 270 g/mol. The number of hydrogen-bond donors (Lipinski definition) is 1. The van der Waals surface area contributed by atoms with Gasteiger partial charge in [-0.1, -0.05) is 11.6 Å². The smallest absolute Gasteiger partial charge is 0.465 e. The summed E-state index contributed by atoms with van der Waals surface area (Å²) in [5.41, 5.74) is 4.37. The van der Waals surface area contributed by atoms with Gasteiger partial charge in [0.15, 0.2) is 5.75 Å². The van der Waals surface area contributed by atoms with Crippen molar-refractivity contribution in [3.05, 3.63) is 22.7 Å². The number of benzene rings is 1. The van der Waals surface area contributed by atoms with Crippen molar-refractivity contribution < 1.29 is 27.4 Å². The molecule has 0 fully saturated rings. The maximum Gasteiger partial charge on any atom is 0.573 e. The number of carbonyl (C=O) groups excluding carboxylic acids is 1. The second-order valence-corrected chi connectivity index (χ2v) is 3.29. The monoisotopic (exact) mass is 269 g/mol. The van der Waals surface area contributed by atoms with Crippen LogP contribution in [-0.2, 0) is 4.74 Å². The zero-order valence-corrected chi connectivity index (χ0v) is 9.22. The molecule has 4 nitrogen and oxygen atoms in total. The van der Waals surface area contributed by atoms with E-state index in [0.29, 0.717) is 0 Å². The van der Waals surface area contributed by atoms with Crippen LogP contribution in [-0.4, -0.2) is 19.4 Å². The van der Waals surface area contributed by atoms with Gasteiger partial charge in [0.25, 0.3) is 0 Å². The predicted octanol–water partition coefficient (Wildman–Crippen LogP) is 2.61. The molecule has 0 atom stereocenters. The summed E-state index contributed by atoms with van der Waals surface area (Å²) in [5, 5.41) is -0.245. The zero-order chi connectivity index (χ0) is 13.2. The number of hydrogen-bond acceptors (Lipinski definition) is 4. The Labute approximate surface area is 99.1 Å². The van der Waals surface area contributed by atoms with Crippen LogP contribution in [0.4, 0.5) is 18.9 Å². The lowest BCUT2D eigenvalue weighted by Crippen LogP contribution is -2.20. The van der Waals surface area contributed by atoms with Gasteiger partial charge in [0.2, 0.25) is 0 Å². The number of nitrogen functional groups attached to an aromatic ring is 1. The van der Waals surface area contributed by atoms with E-state index in [-0.39, 0.29) is 10.7 Å². The number of halogens is 4. The van der Waals surface area contributed by atoms with Gasteiger partial charge in [0.05, 0.1) is 17.8 Å². The van der Waals surface area contributed by atoms with E-state index >= 15 is 0 Å². The maximum absolute atomic E-state index is 12.1. The molecule has 1 aromatic rings. The molecule has 17 heavy (non-hydrogen) atoms. The van der Waals surface area contributed by atoms with E-state index in [1.54, 1.807) is 0 Å². The molecule has 0 heterocycles. The summed E-state index contributed by atoms with van der Waals surface area (Å²) in [5.74, 6) is -1.93. The van der Waals surface area contributed by atoms with Gasteiger partial charge >= 0.3 is 12.3 Å². The Morgan fingerprint density at radius 2 is 2.00 bits per heavy atom. The van der Waals surface area contributed by atoms with E-state index < -0.39 is 23.6 Å². The Balaban J connectivity index is 3.35. The number of nitrogens with two attached hydrogens (primary N) is 1. The molecule has 0 unspecified atom stereocenters. The van der Waals surface area contributed by atoms with Gasteiger partial charge in [-0.25, -0.2) is 4.79 Å². The van der Waals surface area contributed by atoms with Crippen LogP contribution >= 0.6 is 11.6 Å². The van der Waals surface area contributed by atoms with E-state index in [9.17, 15) is 18.0 Å². The molecule has 0 aliphatic carbocycles. The first-order valence-electron chi connectivity index (χ1n) is 4.18. The third-order valence-corrected chi connectivity index (χ3v) is 2.06. The molecule has 0 saturated heterocycles. The minimum atomic E-state index is -4.98. The van der Waals surface area contributed by atoms with Crippen molar-refractivity contribution in [1.82, 2.24) is 0 Å². The molecule has 0 aliphatic rings. The molecule has 0 bridgehead atoms. The summed E-state index contributed by atoms with van der Waals surface area (Å²) in [6.45, 7) is 0. The Bertz CT molecular complexity index is 448. The second-order valence-electron chi connectivity index (χ2n) is 2.88. The van der Waals surface area contributed by atoms with Crippen LogP contribution < -0.4 is 10.5 Å². The third kappa shape index (κ3) is 3.16. The van der Waals surface area contributed by atoms with Gasteiger partial charge in [-0.15, -0.1) is 13.2 Å². The Hall–Kier alpha value is -1.63. The van der Waals surface area contributed by atoms with Crippen molar-refractivity contribution in [2.45, 2.75) is 6.36 Å². The minimum absolute atomic E-state index is 0.245. The molecule has 1 aromatic carbocycles. The van der Waals surface area contributed by atoms with Crippen molar-refractivity contribution in [3.8, 4) is 5.75 Å². The van der Waals surface area contributed by atoms with Crippen molar-refractivity contribution >= 4 is 23.3 Å². The minimum Gasteiger partial charge on any atom is -0.465 e. The quantitative estimate of drug-likeness (QED) is 0.662. The van der Waals surface area contributed by atoms with Crippen molar-refractivity contribution in [2.24, 2.45) is 0 Å². The first-order valence-corrected chi connectivity index (χ1v) is 4.56. The van der Waals surface area contributed by atoms with E-state index in [1.165, 1.54) is 6.07 Å². The normalized spacial score (nSPS) is 11.1. The number of carbonyl (C=O) groups is 1. The molecule has 0 radical (unpaired) electrons. The number of rotatable bonds is 2. The summed E-state index contributed by atoms with van der Waals surface area (Å²) in [6.07, 6.45) is -4.98. The Morgan fingerprint density at radius 3 is 2.47 bits per heavy atom. The van der Waals surface area contributed by atoms with E-state index in [0.717, 1.165) is 13.2 Å². The molecule has 0 spiro atoms. The lowest BCUT2D eigenvalue weighted by Gasteiger charge is -2.15. The Kier molecular flexibility index (Phi) is 3.72. The van der Waals surface area contributed by atoms with E-state index in [2.05, 4.69) is 9.47 Å². The van der Waals surface area contributed by atoms with Gasteiger partial charge in [0, 0.05) is 0 Å². The zero-order valence-electron chi connectivity index (χ0n) is 8.47. The standard InChI is InChI=1S/C9H7ClF3NO3/c1-16-8(15)6-4(10)2-3-5(14)7(6)17-9(11,12)13/h2-3H,14H2,1H3. The number of esters is 1. The van der Waals surface area contributed by atoms with Crippen LogP contribution in [0.5, 0.6) is 5.75 Å². The molecule has 2 N–H and O–H groups in total. The highest BCUT2D eigenvalue weighted by atomic mass is 35.5. The SMILES string of the molecule is COC(=O)c1c(Cl)ccc(N)c1OC(F)(F)F. The first-order chi connectivity index (χ1) is 7.76. The summed E-state index contributed by atoms with van der Waals surface area (Å²) in [7, 11) is 0.999. The maximum atomic E-state index is 12.1. The van der Waals surface area contributed by atoms with Crippen LogP contribution in [0.2, 0.25) is 5.02 Å². The fourth-order valence-electron chi connectivity index (χ4n) is 1.09. The van der Waals surface area contributed by atoms with Gasteiger partial charge in [-0.2, -0.15) is 0 Å². The number of anilines is 1. The van der Waals surface area contributed by atoms with Gasteiger partial charge in [0.1, 0.15) is 5.56 Å². The second kappa shape index (κ2) is 4.70. The fourth-order valence-corrected chi connectivity index (χ4v) is 1.32. The van der Waals surface area contributed by atoms with Crippen molar-refractivity contribution in [2.75, 3.05) is 12.8 Å². The highest BCUT2D eigenvalue weighted by Crippen LogP contribution is 2.36. The van der Waals surface area contributed by atoms with Crippen LogP contribution in [0.15, 0.2) is 12.1 Å². The lowest BCUT2D eigenvalue weighted by atomic mass is 10.1. The van der Waals surface area contributed by atoms with Gasteiger partial charge in [-0.3, -0.25) is 0 Å². The average Bonchev–Trinajstić information content (AvgIpc) is 2.21. The first kappa shape index (κ1) is 13.4. The number of ether oxygens (including phenoxy) is 2. The molecule has 0 aliphatic heterocycles. The van der Waals surface area contributed by atoms with Gasteiger partial charge < -0.3 is 15.2 Å². The molecule has 8 heteroatoms. The van der Waals surface area contributed by atoms with Crippen LogP contribution in [0, 0.1) is 0 Å². The summed E-state index contributed by atoms with van der Waals surface area (Å²) in [6, 6.07) is 2.27. The Morgan fingerprint density at radius 1 is 1.41 bits per heavy atom. The molecule has 0 aromatic heterocycles. The van der Waals surface area contributed by atoms with Crippen LogP contribution in [0.25, 0.3) is 0 Å². The molecular formula is C9H7ClF3NO3. The summed E-state index contributed by atoms with van der Waals surface area (Å²) in [4.78, 5) is 11.3. The highest BCUT2D eigenvalue weighted by molar-refractivity contribution is 6.34. The summed E-state index contributed by atoms with van der Waals surface area (Å²) >= 11 is 5.60. The van der Waals surface area contributed by atoms with Crippen LogP contribution in [0.1, 0.15) is 10.4 Å². The third-order valence-electron chi connectivity index (χ3n) is 1.74.